The molecule has 0 aromatic heterocycles. The van der Waals surface area contributed by atoms with E-state index < -0.39 is 45.1 Å². The number of β-amino-alcohol motifs (C(OH)–C–C–N with tert-alkyl or cyclic N) is 1. The average Bonchev–Trinajstić information content (AvgIpc) is 2.61. The molecule has 1 saturated heterocycles. The topological polar surface area (TPSA) is 77.9 Å². The van der Waals surface area contributed by atoms with Crippen molar-refractivity contribution in [3.63, 3.8) is 0 Å². The molecule has 1 aliphatic heterocycles. The maximum atomic E-state index is 13.3. The lowest BCUT2D eigenvalue weighted by atomic mass is 10.2. The predicted octanol–water partition coefficient (Wildman–Crippen LogP) is 0.815. The first-order valence-electron chi connectivity index (χ1n) is 7.52. The maximum Gasteiger partial charge on any atom is 0.243 e. The highest BCUT2D eigenvalue weighted by atomic mass is 32.2. The van der Waals surface area contributed by atoms with Crippen molar-refractivity contribution >= 4 is 15.9 Å². The number of hydrogen-bond donors (Lipinski definition) is 1. The second-order valence-electron chi connectivity index (χ2n) is 6.22. The van der Waals surface area contributed by atoms with Crippen molar-refractivity contribution in [2.45, 2.75) is 24.8 Å². The predicted molar refractivity (Wildman–Crippen MR) is 82.5 cm³/mol. The molecule has 0 spiro atoms. The normalized spacial score (nSPS) is 20.5. The molecule has 1 amide bonds. The Labute approximate surface area is 139 Å². The number of aliphatic hydroxyl groups excluding tert-OH is 1. The van der Waals surface area contributed by atoms with Crippen LogP contribution >= 0.6 is 0 Å². The third-order valence-corrected chi connectivity index (χ3v) is 5.43. The van der Waals surface area contributed by atoms with Gasteiger partial charge in [0.2, 0.25) is 15.9 Å². The van der Waals surface area contributed by atoms with Crippen molar-refractivity contribution in [2.24, 2.45) is 5.92 Å². The smallest absolute Gasteiger partial charge is 0.243 e. The van der Waals surface area contributed by atoms with Gasteiger partial charge >= 0.3 is 0 Å². The summed E-state index contributed by atoms with van der Waals surface area (Å²) < 4.78 is 52.3. The van der Waals surface area contributed by atoms with Crippen LogP contribution in [0.25, 0.3) is 0 Å². The number of carbonyl (C=O) groups excluding carboxylic acids is 1. The molecule has 0 saturated carbocycles. The Morgan fingerprint density at radius 3 is 2.50 bits per heavy atom. The Kier molecular flexibility index (Phi) is 5.56. The van der Waals surface area contributed by atoms with E-state index in [0.717, 1.165) is 10.4 Å². The van der Waals surface area contributed by atoms with E-state index >= 15 is 0 Å². The van der Waals surface area contributed by atoms with E-state index in [0.29, 0.717) is 18.7 Å². The number of amides is 1. The van der Waals surface area contributed by atoms with E-state index in [-0.39, 0.29) is 19.0 Å². The molecule has 2 rings (SSSR count). The molecule has 1 unspecified atom stereocenters. The van der Waals surface area contributed by atoms with Gasteiger partial charge in [0.15, 0.2) is 11.6 Å². The molecule has 0 radical (unpaired) electrons. The quantitative estimate of drug-likeness (QED) is 0.860. The molecule has 24 heavy (non-hydrogen) atoms. The lowest BCUT2D eigenvalue weighted by Crippen LogP contribution is -2.40. The third-order valence-electron chi connectivity index (χ3n) is 3.62. The Morgan fingerprint density at radius 1 is 1.25 bits per heavy atom. The van der Waals surface area contributed by atoms with Crippen LogP contribution in [-0.4, -0.2) is 60.9 Å². The van der Waals surface area contributed by atoms with Gasteiger partial charge < -0.3 is 10.0 Å². The van der Waals surface area contributed by atoms with Gasteiger partial charge in [-0.25, -0.2) is 17.2 Å². The summed E-state index contributed by atoms with van der Waals surface area (Å²) in [4.78, 5) is 13.2. The molecule has 1 heterocycles. The van der Waals surface area contributed by atoms with Crippen LogP contribution in [0.3, 0.4) is 0 Å². The lowest BCUT2D eigenvalue weighted by Gasteiger charge is -2.23. The van der Waals surface area contributed by atoms with Crippen LogP contribution < -0.4 is 0 Å². The largest absolute Gasteiger partial charge is 0.390 e. The monoisotopic (exact) mass is 362 g/mol. The summed E-state index contributed by atoms with van der Waals surface area (Å²) in [5, 5.41) is 10.0. The van der Waals surface area contributed by atoms with Crippen LogP contribution in [0.15, 0.2) is 23.1 Å². The van der Waals surface area contributed by atoms with Gasteiger partial charge in [0.05, 0.1) is 17.5 Å². The Morgan fingerprint density at radius 2 is 1.92 bits per heavy atom. The second-order valence-corrected chi connectivity index (χ2v) is 8.16. The number of hydrogen-bond acceptors (Lipinski definition) is 4. The molecule has 1 atom stereocenters. The van der Waals surface area contributed by atoms with E-state index in [2.05, 4.69) is 0 Å². The molecular formula is C15H20F2N2O4S. The van der Waals surface area contributed by atoms with Gasteiger partial charge in [-0.2, -0.15) is 4.31 Å². The zero-order valence-corrected chi connectivity index (χ0v) is 14.3. The van der Waals surface area contributed by atoms with Crippen LogP contribution in [0.4, 0.5) is 8.78 Å². The number of aliphatic hydroxyl groups is 1. The van der Waals surface area contributed by atoms with Crippen molar-refractivity contribution in [1.29, 1.82) is 0 Å². The molecule has 1 fully saturated rings. The number of nitrogens with zero attached hydrogens (tertiary/aromatic N) is 2. The summed E-state index contributed by atoms with van der Waals surface area (Å²) >= 11 is 0. The average molecular weight is 362 g/mol. The van der Waals surface area contributed by atoms with Gasteiger partial charge in [0, 0.05) is 19.6 Å². The number of carbonyl (C=O) groups is 1. The van der Waals surface area contributed by atoms with Crippen molar-refractivity contribution in [3.05, 3.63) is 29.8 Å². The summed E-state index contributed by atoms with van der Waals surface area (Å²) in [6.45, 7) is 3.49. The van der Waals surface area contributed by atoms with Gasteiger partial charge in [-0.1, -0.05) is 13.8 Å². The van der Waals surface area contributed by atoms with Crippen molar-refractivity contribution < 1.29 is 27.1 Å². The second kappa shape index (κ2) is 7.12. The highest BCUT2D eigenvalue weighted by Crippen LogP contribution is 2.20. The van der Waals surface area contributed by atoms with E-state index in [1.54, 1.807) is 0 Å². The van der Waals surface area contributed by atoms with Crippen LogP contribution in [0, 0.1) is 17.6 Å². The zero-order chi connectivity index (χ0) is 18.1. The molecule has 6 nitrogen and oxygen atoms in total. The minimum Gasteiger partial charge on any atom is -0.390 e. The minimum atomic E-state index is -4.22. The summed E-state index contributed by atoms with van der Waals surface area (Å²) in [5.41, 5.74) is 0. The van der Waals surface area contributed by atoms with Crippen molar-refractivity contribution in [1.82, 2.24) is 9.21 Å². The first kappa shape index (κ1) is 18.8. The highest BCUT2D eigenvalue weighted by molar-refractivity contribution is 7.89. The number of benzene rings is 1. The summed E-state index contributed by atoms with van der Waals surface area (Å²) in [7, 11) is -4.22. The molecule has 134 valence electrons. The summed E-state index contributed by atoms with van der Waals surface area (Å²) in [6.07, 6.45) is -1.06. The first-order valence-corrected chi connectivity index (χ1v) is 8.96. The molecule has 1 N–H and O–H groups in total. The Balaban J connectivity index is 2.29. The Hall–Kier alpha value is -1.58. The number of rotatable bonds is 4. The van der Waals surface area contributed by atoms with Gasteiger partial charge in [0.1, 0.15) is 0 Å². The standard InChI is InChI=1S/C15H20F2N2O4S/c1-10(2)6-18-7-11(20)8-19(9-15(18)21)24(22,23)12-3-4-13(16)14(17)5-12/h3-5,10-11,20H,6-9H2,1-2H3. The van der Waals surface area contributed by atoms with Gasteiger partial charge in [-0.05, 0) is 24.1 Å². The lowest BCUT2D eigenvalue weighted by molar-refractivity contribution is -0.131. The first-order chi connectivity index (χ1) is 11.1. The Bertz CT molecular complexity index is 724. The minimum absolute atomic E-state index is 0.0286. The van der Waals surface area contributed by atoms with E-state index in [1.165, 1.54) is 4.90 Å². The molecular weight excluding hydrogens is 342 g/mol. The molecule has 0 bridgehead atoms. The molecule has 1 aromatic rings. The summed E-state index contributed by atoms with van der Waals surface area (Å²) in [6, 6.07) is 2.21. The van der Waals surface area contributed by atoms with Gasteiger partial charge in [-0.3, -0.25) is 4.79 Å². The zero-order valence-electron chi connectivity index (χ0n) is 13.4. The van der Waals surface area contributed by atoms with Crippen LogP contribution in [-0.2, 0) is 14.8 Å². The highest BCUT2D eigenvalue weighted by Gasteiger charge is 2.34. The van der Waals surface area contributed by atoms with E-state index in [9.17, 15) is 27.1 Å². The fourth-order valence-corrected chi connectivity index (χ4v) is 3.99. The van der Waals surface area contributed by atoms with Gasteiger partial charge in [-0.15, -0.1) is 0 Å². The van der Waals surface area contributed by atoms with E-state index in [4.69, 9.17) is 0 Å². The van der Waals surface area contributed by atoms with Crippen LogP contribution in [0.2, 0.25) is 0 Å². The van der Waals surface area contributed by atoms with Crippen molar-refractivity contribution in [3.8, 4) is 0 Å². The van der Waals surface area contributed by atoms with Gasteiger partial charge in [0.25, 0.3) is 0 Å². The fraction of sp³-hybridized carbons (Fsp3) is 0.533. The molecule has 1 aromatic carbocycles. The van der Waals surface area contributed by atoms with Crippen LogP contribution in [0.1, 0.15) is 13.8 Å². The molecule has 9 heteroatoms. The maximum absolute atomic E-state index is 13.3. The summed E-state index contributed by atoms with van der Waals surface area (Å²) in [5.74, 6) is -2.73. The molecule has 0 aliphatic carbocycles. The SMILES string of the molecule is CC(C)CN1CC(O)CN(S(=O)(=O)c2ccc(F)c(F)c2)CC1=O. The number of halogens is 2. The van der Waals surface area contributed by atoms with Crippen LogP contribution in [0.5, 0.6) is 0 Å². The van der Waals surface area contributed by atoms with E-state index in [1.807, 2.05) is 13.8 Å². The number of sulfonamides is 1. The third kappa shape index (κ3) is 4.08. The molecule has 1 aliphatic rings. The fourth-order valence-electron chi connectivity index (χ4n) is 2.55. The van der Waals surface area contributed by atoms with Crippen molar-refractivity contribution in [2.75, 3.05) is 26.2 Å².